The third kappa shape index (κ3) is 3.48. The fourth-order valence-electron chi connectivity index (χ4n) is 3.13. The minimum Gasteiger partial charge on any atom is -0.497 e. The number of rotatable bonds is 4. The molecule has 0 saturated carbocycles. The van der Waals surface area contributed by atoms with Crippen LogP contribution in [0.4, 0.5) is 5.13 Å². The van der Waals surface area contributed by atoms with Crippen LogP contribution in [0.2, 0.25) is 0 Å². The predicted octanol–water partition coefficient (Wildman–Crippen LogP) is 3.10. The number of thiazole rings is 1. The normalized spacial score (nSPS) is 15.2. The molecule has 26 heavy (non-hydrogen) atoms. The van der Waals surface area contributed by atoms with Crippen molar-refractivity contribution in [2.45, 2.75) is 18.9 Å². The molecule has 6 nitrogen and oxygen atoms in total. The third-order valence-electron chi connectivity index (χ3n) is 4.58. The topological polar surface area (TPSA) is 67.3 Å². The summed E-state index contributed by atoms with van der Waals surface area (Å²) in [6, 6.07) is 11.5. The van der Waals surface area contributed by atoms with Gasteiger partial charge in [0.2, 0.25) is 0 Å². The van der Waals surface area contributed by atoms with Crippen LogP contribution < -0.4 is 15.0 Å². The van der Waals surface area contributed by atoms with Gasteiger partial charge in [0.25, 0.3) is 5.91 Å². The average molecular weight is 368 g/mol. The van der Waals surface area contributed by atoms with Gasteiger partial charge in [0.15, 0.2) is 5.13 Å². The molecule has 4 rings (SSSR count). The number of nitrogens with zero attached hydrogens (tertiary/aromatic N) is 3. The summed E-state index contributed by atoms with van der Waals surface area (Å²) >= 11 is 1.68. The number of carbonyl (C=O) groups is 1. The number of piperidine rings is 1. The van der Waals surface area contributed by atoms with Crippen LogP contribution in [0.1, 0.15) is 23.3 Å². The summed E-state index contributed by atoms with van der Waals surface area (Å²) in [7, 11) is 1.67. The second-order valence-corrected chi connectivity index (χ2v) is 7.29. The average Bonchev–Trinajstić information content (AvgIpc) is 3.12. The molecule has 1 aliphatic rings. The van der Waals surface area contributed by atoms with Crippen molar-refractivity contribution in [1.82, 2.24) is 15.3 Å². The van der Waals surface area contributed by atoms with Crippen molar-refractivity contribution in [3.05, 3.63) is 48.3 Å². The predicted molar refractivity (Wildman–Crippen MR) is 103 cm³/mol. The van der Waals surface area contributed by atoms with Gasteiger partial charge in [0, 0.05) is 25.3 Å². The lowest BCUT2D eigenvalue weighted by molar-refractivity contribution is 0.0926. The highest BCUT2D eigenvalue weighted by atomic mass is 32.1. The third-order valence-corrected chi connectivity index (χ3v) is 5.66. The first-order valence-electron chi connectivity index (χ1n) is 8.64. The minimum atomic E-state index is -0.101. The zero-order chi connectivity index (χ0) is 17.9. The number of carbonyl (C=O) groups excluding carboxylic acids is 1. The largest absolute Gasteiger partial charge is 0.497 e. The Morgan fingerprint density at radius 3 is 2.85 bits per heavy atom. The molecule has 0 spiro atoms. The number of aromatic nitrogens is 2. The highest BCUT2D eigenvalue weighted by Gasteiger charge is 2.23. The van der Waals surface area contributed by atoms with E-state index in [0.717, 1.165) is 47.0 Å². The van der Waals surface area contributed by atoms with Gasteiger partial charge < -0.3 is 15.0 Å². The number of fused-ring (bicyclic) bond motifs is 1. The molecule has 0 atom stereocenters. The number of hydrogen-bond donors (Lipinski definition) is 1. The Kier molecular flexibility index (Phi) is 4.71. The molecule has 2 aromatic heterocycles. The molecule has 1 aromatic carbocycles. The van der Waals surface area contributed by atoms with Gasteiger partial charge >= 0.3 is 0 Å². The first-order chi connectivity index (χ1) is 12.7. The summed E-state index contributed by atoms with van der Waals surface area (Å²) in [5, 5.41) is 4.12. The molecular weight excluding hydrogens is 348 g/mol. The van der Waals surface area contributed by atoms with E-state index in [1.165, 1.54) is 0 Å². The number of pyridine rings is 1. The van der Waals surface area contributed by atoms with E-state index in [4.69, 9.17) is 9.72 Å². The van der Waals surface area contributed by atoms with Crippen LogP contribution >= 0.6 is 11.3 Å². The summed E-state index contributed by atoms with van der Waals surface area (Å²) in [5.74, 6) is 0.750. The zero-order valence-corrected chi connectivity index (χ0v) is 15.3. The molecule has 1 aliphatic heterocycles. The molecule has 1 amide bonds. The smallest absolute Gasteiger partial charge is 0.270 e. The zero-order valence-electron chi connectivity index (χ0n) is 14.5. The van der Waals surface area contributed by atoms with Crippen LogP contribution in [0.5, 0.6) is 5.75 Å². The first-order valence-corrected chi connectivity index (χ1v) is 9.46. The van der Waals surface area contributed by atoms with Crippen molar-refractivity contribution in [3.8, 4) is 5.75 Å². The van der Waals surface area contributed by atoms with Gasteiger partial charge in [-0.1, -0.05) is 17.4 Å². The van der Waals surface area contributed by atoms with Crippen LogP contribution in [0.25, 0.3) is 10.2 Å². The summed E-state index contributed by atoms with van der Waals surface area (Å²) in [5.41, 5.74) is 1.46. The molecular formula is C19H20N4O2S. The fraction of sp³-hybridized carbons (Fsp3) is 0.316. The maximum atomic E-state index is 12.2. The Balaban J connectivity index is 1.38. The number of amides is 1. The lowest BCUT2D eigenvalue weighted by atomic mass is 10.1. The molecule has 0 unspecified atom stereocenters. The SMILES string of the molecule is COc1ccc2nc(N3CCC(NC(=O)c4ccccn4)CC3)sc2c1. The highest BCUT2D eigenvalue weighted by Crippen LogP contribution is 2.32. The number of hydrogen-bond acceptors (Lipinski definition) is 6. The van der Waals surface area contributed by atoms with Crippen molar-refractivity contribution in [2.24, 2.45) is 0 Å². The lowest BCUT2D eigenvalue weighted by Crippen LogP contribution is -2.44. The number of methoxy groups -OCH3 is 1. The van der Waals surface area contributed by atoms with E-state index < -0.39 is 0 Å². The minimum absolute atomic E-state index is 0.101. The van der Waals surface area contributed by atoms with E-state index in [9.17, 15) is 4.79 Å². The maximum Gasteiger partial charge on any atom is 0.270 e. The summed E-state index contributed by atoms with van der Waals surface area (Å²) in [6.07, 6.45) is 3.44. The lowest BCUT2D eigenvalue weighted by Gasteiger charge is -2.32. The van der Waals surface area contributed by atoms with Crippen molar-refractivity contribution in [3.63, 3.8) is 0 Å². The van der Waals surface area contributed by atoms with Gasteiger partial charge in [-0.3, -0.25) is 9.78 Å². The standard InChI is InChI=1S/C19H20N4O2S/c1-25-14-5-6-15-17(12-14)26-19(22-15)23-10-7-13(8-11-23)21-18(24)16-4-2-3-9-20-16/h2-6,9,12-13H,7-8,10-11H2,1H3,(H,21,24). The van der Waals surface area contributed by atoms with Gasteiger partial charge in [0.05, 0.1) is 17.3 Å². The molecule has 1 saturated heterocycles. The van der Waals surface area contributed by atoms with Crippen LogP contribution in [0.3, 0.4) is 0 Å². The second-order valence-electron chi connectivity index (χ2n) is 6.28. The Labute approximate surface area is 155 Å². The van der Waals surface area contributed by atoms with Gasteiger partial charge in [-0.2, -0.15) is 0 Å². The van der Waals surface area contributed by atoms with Crippen LogP contribution in [0, 0.1) is 0 Å². The molecule has 0 bridgehead atoms. The quantitative estimate of drug-likeness (QED) is 0.766. The van der Waals surface area contributed by atoms with Gasteiger partial charge in [-0.15, -0.1) is 0 Å². The van der Waals surface area contributed by atoms with E-state index >= 15 is 0 Å². The Morgan fingerprint density at radius 1 is 1.27 bits per heavy atom. The number of anilines is 1. The molecule has 0 aliphatic carbocycles. The number of benzene rings is 1. The van der Waals surface area contributed by atoms with E-state index in [1.807, 2.05) is 30.3 Å². The van der Waals surface area contributed by atoms with E-state index in [2.05, 4.69) is 15.2 Å². The maximum absolute atomic E-state index is 12.2. The van der Waals surface area contributed by atoms with Crippen molar-refractivity contribution in [1.29, 1.82) is 0 Å². The monoisotopic (exact) mass is 368 g/mol. The Morgan fingerprint density at radius 2 is 2.12 bits per heavy atom. The molecule has 134 valence electrons. The highest BCUT2D eigenvalue weighted by molar-refractivity contribution is 7.22. The van der Waals surface area contributed by atoms with Crippen LogP contribution in [-0.2, 0) is 0 Å². The first kappa shape index (κ1) is 16.8. The molecule has 3 heterocycles. The van der Waals surface area contributed by atoms with Crippen molar-refractivity contribution < 1.29 is 9.53 Å². The van der Waals surface area contributed by atoms with Gasteiger partial charge in [-0.05, 0) is 43.2 Å². The molecule has 7 heteroatoms. The molecule has 1 fully saturated rings. The summed E-state index contributed by atoms with van der Waals surface area (Å²) in [6.45, 7) is 1.76. The van der Waals surface area contributed by atoms with Crippen LogP contribution in [-0.4, -0.2) is 42.1 Å². The Hall–Kier alpha value is -2.67. The van der Waals surface area contributed by atoms with Crippen LogP contribution in [0.15, 0.2) is 42.6 Å². The summed E-state index contributed by atoms with van der Waals surface area (Å²) in [4.78, 5) is 23.4. The number of nitrogens with one attached hydrogen (secondary N) is 1. The van der Waals surface area contributed by atoms with Gasteiger partial charge in [-0.25, -0.2) is 4.98 Å². The van der Waals surface area contributed by atoms with Crippen molar-refractivity contribution >= 4 is 32.6 Å². The molecule has 3 aromatic rings. The van der Waals surface area contributed by atoms with Gasteiger partial charge in [0.1, 0.15) is 11.4 Å². The number of ether oxygens (including phenoxy) is 1. The second kappa shape index (κ2) is 7.29. The van der Waals surface area contributed by atoms with Crippen molar-refractivity contribution in [2.75, 3.05) is 25.1 Å². The van der Waals surface area contributed by atoms with E-state index in [-0.39, 0.29) is 11.9 Å². The summed E-state index contributed by atoms with van der Waals surface area (Å²) < 4.78 is 6.41. The molecule has 1 N–H and O–H groups in total. The van der Waals surface area contributed by atoms with E-state index in [1.54, 1.807) is 30.7 Å². The fourth-order valence-corrected chi connectivity index (χ4v) is 4.17. The van der Waals surface area contributed by atoms with E-state index in [0.29, 0.717) is 5.69 Å². The molecule has 0 radical (unpaired) electrons. The Bertz CT molecular complexity index is 904.